The molecule has 1 N–H and O–H groups in total. The van der Waals surface area contributed by atoms with Gasteiger partial charge in [-0.15, -0.1) is 0 Å². The SMILES string of the molecule is COc1c(C)cnc(CNc2c(C)cc(Br)cc2C)c1C. The van der Waals surface area contributed by atoms with E-state index in [-0.39, 0.29) is 0 Å². The number of pyridine rings is 1. The molecule has 0 saturated carbocycles. The maximum absolute atomic E-state index is 5.46. The number of rotatable bonds is 4. The standard InChI is InChI=1S/C17H21BrN2O/c1-10-6-14(18)7-11(2)16(10)20-9-15-13(4)17(21-5)12(3)8-19-15/h6-8,20H,9H2,1-5H3. The van der Waals surface area contributed by atoms with Crippen molar-refractivity contribution in [2.45, 2.75) is 34.2 Å². The molecular formula is C17H21BrN2O. The Labute approximate surface area is 134 Å². The quantitative estimate of drug-likeness (QED) is 0.869. The minimum absolute atomic E-state index is 0.686. The van der Waals surface area contributed by atoms with E-state index in [9.17, 15) is 0 Å². The van der Waals surface area contributed by atoms with Crippen molar-refractivity contribution in [2.24, 2.45) is 0 Å². The third-order valence-corrected chi connectivity index (χ3v) is 4.14. The Balaban J connectivity index is 2.25. The maximum Gasteiger partial charge on any atom is 0.128 e. The van der Waals surface area contributed by atoms with Crippen molar-refractivity contribution >= 4 is 21.6 Å². The number of anilines is 1. The van der Waals surface area contributed by atoms with Crippen molar-refractivity contribution in [1.82, 2.24) is 4.98 Å². The second kappa shape index (κ2) is 6.48. The van der Waals surface area contributed by atoms with Crippen LogP contribution < -0.4 is 10.1 Å². The highest BCUT2D eigenvalue weighted by Gasteiger charge is 2.10. The van der Waals surface area contributed by atoms with Crippen LogP contribution in [0.4, 0.5) is 5.69 Å². The largest absolute Gasteiger partial charge is 0.496 e. The summed E-state index contributed by atoms with van der Waals surface area (Å²) in [6, 6.07) is 4.23. The van der Waals surface area contributed by atoms with Gasteiger partial charge in [0.2, 0.25) is 0 Å². The summed E-state index contributed by atoms with van der Waals surface area (Å²) >= 11 is 3.52. The van der Waals surface area contributed by atoms with Crippen LogP contribution in [0.15, 0.2) is 22.8 Å². The number of halogens is 1. The Morgan fingerprint density at radius 3 is 2.29 bits per heavy atom. The van der Waals surface area contributed by atoms with Crippen molar-refractivity contribution in [2.75, 3.05) is 12.4 Å². The average molecular weight is 349 g/mol. The van der Waals surface area contributed by atoms with Crippen LogP contribution in [0, 0.1) is 27.7 Å². The first-order chi connectivity index (χ1) is 9.93. The van der Waals surface area contributed by atoms with Gasteiger partial charge in [-0.3, -0.25) is 4.98 Å². The number of nitrogens with zero attached hydrogens (tertiary/aromatic N) is 1. The molecule has 0 atom stereocenters. The average Bonchev–Trinajstić information content (AvgIpc) is 2.40. The van der Waals surface area contributed by atoms with Gasteiger partial charge >= 0.3 is 0 Å². The normalized spacial score (nSPS) is 10.6. The van der Waals surface area contributed by atoms with Crippen molar-refractivity contribution in [3.05, 3.63) is 50.8 Å². The first-order valence-corrected chi connectivity index (χ1v) is 7.73. The molecule has 21 heavy (non-hydrogen) atoms. The molecular weight excluding hydrogens is 328 g/mol. The molecule has 1 aromatic heterocycles. The summed E-state index contributed by atoms with van der Waals surface area (Å²) in [6.45, 7) is 8.97. The van der Waals surface area contributed by atoms with Gasteiger partial charge in [-0.2, -0.15) is 0 Å². The third-order valence-electron chi connectivity index (χ3n) is 3.68. The van der Waals surface area contributed by atoms with E-state index in [0.717, 1.165) is 27.0 Å². The number of benzene rings is 1. The topological polar surface area (TPSA) is 34.1 Å². The van der Waals surface area contributed by atoms with E-state index in [0.29, 0.717) is 6.54 Å². The van der Waals surface area contributed by atoms with Gasteiger partial charge in [-0.25, -0.2) is 0 Å². The van der Waals surface area contributed by atoms with Crippen molar-refractivity contribution < 1.29 is 4.74 Å². The van der Waals surface area contributed by atoms with Gasteiger partial charge in [-0.1, -0.05) is 15.9 Å². The zero-order valence-electron chi connectivity index (χ0n) is 13.2. The summed E-state index contributed by atoms with van der Waals surface area (Å²) in [6.07, 6.45) is 1.87. The highest BCUT2D eigenvalue weighted by molar-refractivity contribution is 9.10. The van der Waals surface area contributed by atoms with Gasteiger partial charge < -0.3 is 10.1 Å². The van der Waals surface area contributed by atoms with Crippen molar-refractivity contribution in [1.29, 1.82) is 0 Å². The molecule has 0 fully saturated rings. The molecule has 112 valence electrons. The van der Waals surface area contributed by atoms with Crippen LogP contribution in [0.3, 0.4) is 0 Å². The zero-order chi connectivity index (χ0) is 15.6. The maximum atomic E-state index is 5.46. The summed E-state index contributed by atoms with van der Waals surface area (Å²) in [5, 5.41) is 3.50. The number of hydrogen-bond acceptors (Lipinski definition) is 3. The van der Waals surface area contributed by atoms with E-state index in [1.54, 1.807) is 7.11 Å². The van der Waals surface area contributed by atoms with E-state index < -0.39 is 0 Å². The summed E-state index contributed by atoms with van der Waals surface area (Å²) < 4.78 is 6.56. The van der Waals surface area contributed by atoms with Gasteiger partial charge in [0, 0.05) is 27.5 Å². The molecule has 0 saturated heterocycles. The second-order valence-electron chi connectivity index (χ2n) is 5.31. The van der Waals surface area contributed by atoms with Gasteiger partial charge in [0.05, 0.1) is 19.3 Å². The lowest BCUT2D eigenvalue weighted by molar-refractivity contribution is 0.407. The van der Waals surface area contributed by atoms with Crippen LogP contribution >= 0.6 is 15.9 Å². The monoisotopic (exact) mass is 348 g/mol. The minimum Gasteiger partial charge on any atom is -0.496 e. The Morgan fingerprint density at radius 2 is 1.71 bits per heavy atom. The molecule has 4 heteroatoms. The predicted octanol–water partition coefficient (Wildman–Crippen LogP) is 4.70. The van der Waals surface area contributed by atoms with Crippen LogP contribution in [0.2, 0.25) is 0 Å². The first-order valence-electron chi connectivity index (χ1n) is 6.93. The Kier molecular flexibility index (Phi) is 4.88. The molecule has 2 rings (SSSR count). The van der Waals surface area contributed by atoms with E-state index >= 15 is 0 Å². The fourth-order valence-corrected chi connectivity index (χ4v) is 3.30. The molecule has 0 spiro atoms. The summed E-state index contributed by atoms with van der Waals surface area (Å²) in [5.74, 6) is 0.922. The van der Waals surface area contributed by atoms with E-state index in [2.05, 4.69) is 59.1 Å². The molecule has 1 aromatic carbocycles. The number of methoxy groups -OCH3 is 1. The minimum atomic E-state index is 0.686. The molecule has 0 radical (unpaired) electrons. The molecule has 3 nitrogen and oxygen atoms in total. The van der Waals surface area contributed by atoms with Crippen LogP contribution in [-0.4, -0.2) is 12.1 Å². The Bertz CT molecular complexity index is 645. The summed E-state index contributed by atoms with van der Waals surface area (Å²) in [4.78, 5) is 4.53. The predicted molar refractivity (Wildman–Crippen MR) is 91.2 cm³/mol. The number of hydrogen-bond donors (Lipinski definition) is 1. The van der Waals surface area contributed by atoms with Crippen molar-refractivity contribution in [3.63, 3.8) is 0 Å². The summed E-state index contributed by atoms with van der Waals surface area (Å²) in [5.41, 5.74) is 6.78. The van der Waals surface area contributed by atoms with Gasteiger partial charge in [-0.05, 0) is 51.0 Å². The molecule has 0 aliphatic carbocycles. The molecule has 1 heterocycles. The highest BCUT2D eigenvalue weighted by atomic mass is 79.9. The number of ether oxygens (including phenoxy) is 1. The molecule has 0 unspecified atom stereocenters. The Morgan fingerprint density at radius 1 is 1.10 bits per heavy atom. The molecule has 0 aliphatic heterocycles. The number of aryl methyl sites for hydroxylation is 3. The lowest BCUT2D eigenvalue weighted by Gasteiger charge is -2.16. The molecule has 0 aliphatic rings. The molecule has 0 amide bonds. The van der Waals surface area contributed by atoms with Crippen LogP contribution in [0.5, 0.6) is 5.75 Å². The van der Waals surface area contributed by atoms with Gasteiger partial charge in [0.25, 0.3) is 0 Å². The first kappa shape index (κ1) is 15.8. The Hall–Kier alpha value is -1.55. The van der Waals surface area contributed by atoms with Gasteiger partial charge in [0.1, 0.15) is 5.75 Å². The van der Waals surface area contributed by atoms with E-state index in [1.165, 1.54) is 16.8 Å². The van der Waals surface area contributed by atoms with Crippen LogP contribution in [0.1, 0.15) is 27.9 Å². The van der Waals surface area contributed by atoms with Crippen molar-refractivity contribution in [3.8, 4) is 5.75 Å². The van der Waals surface area contributed by atoms with E-state index in [4.69, 9.17) is 4.74 Å². The number of nitrogens with one attached hydrogen (secondary N) is 1. The fraction of sp³-hybridized carbons (Fsp3) is 0.353. The third kappa shape index (κ3) is 3.38. The second-order valence-corrected chi connectivity index (χ2v) is 6.23. The summed E-state index contributed by atoms with van der Waals surface area (Å²) in [7, 11) is 1.70. The van der Waals surface area contributed by atoms with Gasteiger partial charge in [0.15, 0.2) is 0 Å². The lowest BCUT2D eigenvalue weighted by Crippen LogP contribution is -2.08. The zero-order valence-corrected chi connectivity index (χ0v) is 14.8. The number of aromatic nitrogens is 1. The van der Waals surface area contributed by atoms with Crippen LogP contribution in [0.25, 0.3) is 0 Å². The fourth-order valence-electron chi connectivity index (χ4n) is 2.61. The highest BCUT2D eigenvalue weighted by Crippen LogP contribution is 2.27. The molecule has 2 aromatic rings. The smallest absolute Gasteiger partial charge is 0.128 e. The van der Waals surface area contributed by atoms with Crippen LogP contribution in [-0.2, 0) is 6.54 Å². The molecule has 0 bridgehead atoms. The lowest BCUT2D eigenvalue weighted by atomic mass is 10.1. The van der Waals surface area contributed by atoms with E-state index in [1.807, 2.05) is 13.1 Å².